The Hall–Kier alpha value is -2.96. The smallest absolute Gasteiger partial charge is 0.415 e. The minimum atomic E-state index is -3.27. The van der Waals surface area contributed by atoms with Gasteiger partial charge in [-0.25, -0.2) is 31.6 Å². The highest BCUT2D eigenvalue weighted by molar-refractivity contribution is 7.91. The maximum atomic E-state index is 14.7. The zero-order valence-electron chi connectivity index (χ0n) is 15.0. The molecule has 2 saturated heterocycles. The number of hydrogen-bond acceptors (Lipinski definition) is 8. The second kappa shape index (κ2) is 7.81. The van der Waals surface area contributed by atoms with E-state index in [1.54, 1.807) is 0 Å². The van der Waals surface area contributed by atoms with Crippen molar-refractivity contribution in [2.75, 3.05) is 40.9 Å². The van der Waals surface area contributed by atoms with Gasteiger partial charge in [-0.3, -0.25) is 4.90 Å². The van der Waals surface area contributed by atoms with Crippen LogP contribution in [0.25, 0.3) is 0 Å². The van der Waals surface area contributed by atoms with Crippen LogP contribution in [0.4, 0.5) is 29.7 Å². The first-order valence-electron chi connectivity index (χ1n) is 8.51. The minimum Gasteiger partial charge on any atom is -0.432 e. The maximum absolute atomic E-state index is 14.7. The predicted octanol–water partition coefficient (Wildman–Crippen LogP) is 0.537. The molecule has 10 nitrogen and oxygen atoms in total. The fourth-order valence-electron chi connectivity index (χ4n) is 3.13. The summed E-state index contributed by atoms with van der Waals surface area (Å²) in [5.74, 6) is -3.51. The average molecular weight is 433 g/mol. The number of primary amides is 1. The molecule has 0 spiro atoms. The van der Waals surface area contributed by atoms with Crippen LogP contribution in [0.1, 0.15) is 6.42 Å². The second-order valence-corrected chi connectivity index (χ2v) is 8.78. The van der Waals surface area contributed by atoms with Crippen LogP contribution >= 0.6 is 0 Å². The summed E-state index contributed by atoms with van der Waals surface area (Å²) >= 11 is 0. The number of carbonyl (C=O) groups excluding carboxylic acids is 3. The Bertz CT molecular complexity index is 946. The number of nitrogens with two attached hydrogens (primary N) is 1. The van der Waals surface area contributed by atoms with Gasteiger partial charge in [0, 0.05) is 25.2 Å². The lowest BCUT2D eigenvalue weighted by molar-refractivity contribution is -0.144. The maximum Gasteiger partial charge on any atom is 0.415 e. The number of rotatable bonds is 3. The number of esters is 1. The molecular formula is C16H17F2N3O7S. The molecule has 2 amide bonds. The number of hydrogen-bond donors (Lipinski definition) is 1. The highest BCUT2D eigenvalue weighted by atomic mass is 32.2. The van der Waals surface area contributed by atoms with Crippen molar-refractivity contribution in [3.63, 3.8) is 0 Å². The molecule has 2 N–H and O–H groups in total. The van der Waals surface area contributed by atoms with E-state index in [-0.39, 0.29) is 36.7 Å². The first-order valence-corrected chi connectivity index (χ1v) is 10.3. The summed E-state index contributed by atoms with van der Waals surface area (Å²) in [6.45, 7) is -0.355. The third-order valence-corrected chi connectivity index (χ3v) is 6.18. The lowest BCUT2D eigenvalue weighted by Gasteiger charge is -2.24. The summed E-state index contributed by atoms with van der Waals surface area (Å²) in [7, 11) is -3.27. The van der Waals surface area contributed by atoms with Gasteiger partial charge in [0.25, 0.3) is 0 Å². The Kier molecular flexibility index (Phi) is 5.59. The van der Waals surface area contributed by atoms with E-state index >= 15 is 0 Å². The van der Waals surface area contributed by atoms with E-state index in [4.69, 9.17) is 10.5 Å². The molecule has 29 heavy (non-hydrogen) atoms. The van der Waals surface area contributed by atoms with E-state index in [2.05, 4.69) is 4.74 Å². The van der Waals surface area contributed by atoms with Crippen molar-refractivity contribution in [3.05, 3.63) is 23.8 Å². The Morgan fingerprint density at radius 1 is 1.17 bits per heavy atom. The zero-order valence-corrected chi connectivity index (χ0v) is 15.8. The van der Waals surface area contributed by atoms with Crippen LogP contribution in [0.15, 0.2) is 12.1 Å². The van der Waals surface area contributed by atoms with E-state index in [9.17, 15) is 31.6 Å². The Labute approximate surface area is 164 Å². The molecule has 0 aromatic heterocycles. The number of amides is 2. The third kappa shape index (κ3) is 4.55. The number of anilines is 2. The van der Waals surface area contributed by atoms with Gasteiger partial charge in [-0.05, 0) is 6.42 Å². The van der Waals surface area contributed by atoms with E-state index in [1.807, 2.05) is 0 Å². The van der Waals surface area contributed by atoms with E-state index in [0.717, 1.165) is 17.0 Å². The molecule has 2 aliphatic rings. The lowest BCUT2D eigenvalue weighted by Crippen LogP contribution is -2.32. The van der Waals surface area contributed by atoms with Crippen LogP contribution < -0.4 is 15.5 Å². The fraction of sp³-hybridized carbons (Fsp3) is 0.438. The van der Waals surface area contributed by atoms with Crippen molar-refractivity contribution in [1.82, 2.24) is 0 Å². The van der Waals surface area contributed by atoms with Gasteiger partial charge >= 0.3 is 18.2 Å². The number of benzene rings is 1. The molecule has 1 aromatic carbocycles. The van der Waals surface area contributed by atoms with Crippen LogP contribution in [0.5, 0.6) is 0 Å². The van der Waals surface area contributed by atoms with Crippen molar-refractivity contribution in [2.24, 2.45) is 5.73 Å². The van der Waals surface area contributed by atoms with Crippen LogP contribution in [0.2, 0.25) is 0 Å². The molecule has 0 bridgehead atoms. The number of carbonyl (C=O) groups is 3. The van der Waals surface area contributed by atoms with Gasteiger partial charge < -0.3 is 20.1 Å². The summed E-state index contributed by atoms with van der Waals surface area (Å²) in [6.07, 6.45) is -3.71. The zero-order chi connectivity index (χ0) is 21.3. The number of cyclic esters (lactones) is 1. The molecule has 2 fully saturated rings. The Balaban J connectivity index is 1.81. The normalized spacial score (nSPS) is 21.4. The molecule has 2 aliphatic heterocycles. The molecule has 1 unspecified atom stereocenters. The van der Waals surface area contributed by atoms with Crippen LogP contribution in [-0.4, -0.2) is 63.8 Å². The summed E-state index contributed by atoms with van der Waals surface area (Å²) in [4.78, 5) is 36.3. The Morgan fingerprint density at radius 2 is 1.83 bits per heavy atom. The molecule has 0 radical (unpaired) electrons. The largest absolute Gasteiger partial charge is 0.432 e. The fourth-order valence-corrected chi connectivity index (χ4v) is 4.41. The van der Waals surface area contributed by atoms with E-state index in [1.165, 1.54) is 4.90 Å². The van der Waals surface area contributed by atoms with Gasteiger partial charge in [-0.1, -0.05) is 0 Å². The first-order chi connectivity index (χ1) is 13.6. The number of sulfone groups is 1. The standard InChI is InChI=1S/C16H17F2N3O7S/c17-10-6-9(21-8-12(27-16(21)24)14(22)28-15(19)23)7-11(18)13(10)20-2-1-4-29(25,26)5-3-20/h6-7,12H,1-5,8H2,(H2,19,23). The van der Waals surface area contributed by atoms with Gasteiger partial charge in [-0.15, -0.1) is 0 Å². The monoisotopic (exact) mass is 433 g/mol. The van der Waals surface area contributed by atoms with E-state index < -0.39 is 58.0 Å². The summed E-state index contributed by atoms with van der Waals surface area (Å²) in [5.41, 5.74) is 4.10. The molecule has 13 heteroatoms. The molecule has 1 aromatic rings. The van der Waals surface area contributed by atoms with Gasteiger partial charge in [0.15, 0.2) is 21.5 Å². The number of ether oxygens (including phenoxy) is 2. The molecule has 0 aliphatic carbocycles. The predicted molar refractivity (Wildman–Crippen MR) is 95.1 cm³/mol. The molecule has 2 heterocycles. The van der Waals surface area contributed by atoms with Gasteiger partial charge in [-0.2, -0.15) is 0 Å². The summed E-state index contributed by atoms with van der Waals surface area (Å²) in [6, 6.07) is 1.75. The van der Waals surface area contributed by atoms with Crippen molar-refractivity contribution in [3.8, 4) is 0 Å². The third-order valence-electron chi connectivity index (χ3n) is 4.46. The summed E-state index contributed by atoms with van der Waals surface area (Å²) in [5, 5.41) is 0. The quantitative estimate of drug-likeness (QED) is 0.539. The molecule has 1 atom stereocenters. The first kappa shape index (κ1) is 20.8. The van der Waals surface area contributed by atoms with Crippen LogP contribution in [0, 0.1) is 11.6 Å². The van der Waals surface area contributed by atoms with Crippen molar-refractivity contribution < 1.29 is 41.1 Å². The summed E-state index contributed by atoms with van der Waals surface area (Å²) < 4.78 is 61.6. The van der Waals surface area contributed by atoms with Crippen molar-refractivity contribution >= 4 is 39.4 Å². The molecule has 3 rings (SSSR count). The topological polar surface area (TPSA) is 136 Å². The average Bonchev–Trinajstić information content (AvgIpc) is 2.90. The van der Waals surface area contributed by atoms with Gasteiger partial charge in [0.05, 0.1) is 23.7 Å². The van der Waals surface area contributed by atoms with E-state index in [0.29, 0.717) is 0 Å². The van der Waals surface area contributed by atoms with Gasteiger partial charge in [0.1, 0.15) is 5.69 Å². The molecular weight excluding hydrogens is 416 g/mol. The van der Waals surface area contributed by atoms with Crippen molar-refractivity contribution in [1.29, 1.82) is 0 Å². The lowest BCUT2D eigenvalue weighted by atomic mass is 10.2. The second-order valence-electron chi connectivity index (χ2n) is 6.47. The minimum absolute atomic E-state index is 0.0623. The van der Waals surface area contributed by atoms with Crippen molar-refractivity contribution in [2.45, 2.75) is 12.5 Å². The highest BCUT2D eigenvalue weighted by Crippen LogP contribution is 2.31. The number of nitrogens with zero attached hydrogens (tertiary/aromatic N) is 2. The number of halogens is 2. The van der Waals surface area contributed by atoms with Crippen LogP contribution in [-0.2, 0) is 24.1 Å². The van der Waals surface area contributed by atoms with Gasteiger partial charge in [0.2, 0.25) is 6.10 Å². The Morgan fingerprint density at radius 3 is 2.45 bits per heavy atom. The highest BCUT2D eigenvalue weighted by Gasteiger charge is 2.39. The molecule has 0 saturated carbocycles. The SMILES string of the molecule is NC(=O)OC(=O)C1CN(c2cc(F)c(N3CCCS(=O)(=O)CC3)c(F)c2)C(=O)O1. The van der Waals surface area contributed by atoms with Crippen LogP contribution in [0.3, 0.4) is 0 Å². The molecule has 158 valence electrons.